The van der Waals surface area contributed by atoms with Gasteiger partial charge in [0.1, 0.15) is 10.4 Å². The molecule has 1 aromatic heterocycles. The predicted molar refractivity (Wildman–Crippen MR) is 71.3 cm³/mol. The molecule has 92 valence electrons. The summed E-state index contributed by atoms with van der Waals surface area (Å²) in [5, 5.41) is 2.78. The van der Waals surface area contributed by atoms with Gasteiger partial charge < -0.3 is 5.32 Å². The molecule has 2 rings (SSSR count). The van der Waals surface area contributed by atoms with Crippen molar-refractivity contribution in [2.24, 2.45) is 0 Å². The molecule has 1 amide bonds. The number of anilines is 1. The van der Waals surface area contributed by atoms with Gasteiger partial charge in [-0.25, -0.2) is 9.37 Å². The third-order valence-electron chi connectivity index (χ3n) is 2.18. The second kappa shape index (κ2) is 5.46. The molecule has 0 fully saturated rings. The maximum Gasteiger partial charge on any atom is 0.258 e. The van der Waals surface area contributed by atoms with Gasteiger partial charge in [0.15, 0.2) is 0 Å². The molecule has 3 nitrogen and oxygen atoms in total. The van der Waals surface area contributed by atoms with Gasteiger partial charge in [0, 0.05) is 11.2 Å². The summed E-state index contributed by atoms with van der Waals surface area (Å²) in [5.41, 5.74) is 0.347. The minimum Gasteiger partial charge on any atom is -0.319 e. The van der Waals surface area contributed by atoms with Gasteiger partial charge in [-0.2, -0.15) is 0 Å². The average Bonchev–Trinajstić information content (AvgIpc) is 2.34. The van der Waals surface area contributed by atoms with E-state index in [4.69, 9.17) is 11.6 Å². The Kier molecular flexibility index (Phi) is 3.93. The zero-order valence-electron chi connectivity index (χ0n) is 8.95. The van der Waals surface area contributed by atoms with E-state index in [1.165, 1.54) is 18.2 Å². The number of amides is 1. The standard InChI is InChI=1S/C12H7BrClFN2O/c13-11-8(2-1-5-16-11)12(18)17-10-6-7(14)3-4-9(10)15/h1-6H,(H,17,18). The molecule has 0 saturated heterocycles. The number of carbonyl (C=O) groups excluding carboxylic acids is 1. The van der Waals surface area contributed by atoms with Crippen molar-refractivity contribution in [3.8, 4) is 0 Å². The Hall–Kier alpha value is -1.46. The molecule has 0 saturated carbocycles. The molecule has 0 aliphatic heterocycles. The van der Waals surface area contributed by atoms with Crippen LogP contribution in [0.2, 0.25) is 5.02 Å². The van der Waals surface area contributed by atoms with Crippen molar-refractivity contribution in [1.82, 2.24) is 4.98 Å². The van der Waals surface area contributed by atoms with E-state index >= 15 is 0 Å². The molecule has 2 aromatic rings. The molecular formula is C12H7BrClFN2O. The number of carbonyl (C=O) groups is 1. The van der Waals surface area contributed by atoms with Crippen molar-refractivity contribution in [3.63, 3.8) is 0 Å². The van der Waals surface area contributed by atoms with E-state index in [0.717, 1.165) is 0 Å². The maximum absolute atomic E-state index is 13.4. The van der Waals surface area contributed by atoms with Gasteiger partial charge in [-0.1, -0.05) is 11.6 Å². The van der Waals surface area contributed by atoms with E-state index in [9.17, 15) is 9.18 Å². The summed E-state index contributed by atoms with van der Waals surface area (Å²) < 4.78 is 13.8. The first kappa shape index (κ1) is 13.0. The molecule has 1 N–H and O–H groups in total. The van der Waals surface area contributed by atoms with Crippen molar-refractivity contribution >= 4 is 39.1 Å². The third-order valence-corrected chi connectivity index (χ3v) is 3.05. The summed E-state index contributed by atoms with van der Waals surface area (Å²) in [4.78, 5) is 15.8. The van der Waals surface area contributed by atoms with E-state index in [-0.39, 0.29) is 5.69 Å². The van der Waals surface area contributed by atoms with Gasteiger partial charge in [-0.15, -0.1) is 0 Å². The smallest absolute Gasteiger partial charge is 0.258 e. The number of aromatic nitrogens is 1. The summed E-state index contributed by atoms with van der Waals surface area (Å²) in [6.07, 6.45) is 1.54. The fourth-order valence-corrected chi connectivity index (χ4v) is 1.94. The van der Waals surface area contributed by atoms with Crippen molar-refractivity contribution in [3.05, 3.63) is 57.5 Å². The number of rotatable bonds is 2. The van der Waals surface area contributed by atoms with Crippen LogP contribution in [0, 0.1) is 5.82 Å². The molecule has 0 aliphatic rings. The van der Waals surface area contributed by atoms with Crippen LogP contribution in [0.1, 0.15) is 10.4 Å². The number of pyridine rings is 1. The lowest BCUT2D eigenvalue weighted by molar-refractivity contribution is 0.102. The molecule has 1 aromatic carbocycles. The number of benzene rings is 1. The molecule has 6 heteroatoms. The van der Waals surface area contributed by atoms with E-state index < -0.39 is 11.7 Å². The fraction of sp³-hybridized carbons (Fsp3) is 0. The highest BCUT2D eigenvalue weighted by molar-refractivity contribution is 9.10. The Morgan fingerprint density at radius 1 is 1.39 bits per heavy atom. The Morgan fingerprint density at radius 2 is 2.17 bits per heavy atom. The van der Waals surface area contributed by atoms with Crippen LogP contribution in [0.3, 0.4) is 0 Å². The maximum atomic E-state index is 13.4. The van der Waals surface area contributed by atoms with Gasteiger partial charge in [-0.3, -0.25) is 4.79 Å². The third kappa shape index (κ3) is 2.86. The minimum atomic E-state index is -0.548. The van der Waals surface area contributed by atoms with E-state index in [1.807, 2.05) is 0 Å². The largest absolute Gasteiger partial charge is 0.319 e. The lowest BCUT2D eigenvalue weighted by atomic mass is 10.2. The van der Waals surface area contributed by atoms with Crippen LogP contribution in [-0.4, -0.2) is 10.9 Å². The Morgan fingerprint density at radius 3 is 2.89 bits per heavy atom. The van der Waals surface area contributed by atoms with Crippen LogP contribution in [-0.2, 0) is 0 Å². The number of hydrogen-bond donors (Lipinski definition) is 1. The zero-order valence-corrected chi connectivity index (χ0v) is 11.3. The Balaban J connectivity index is 2.27. The lowest BCUT2D eigenvalue weighted by Crippen LogP contribution is -2.14. The summed E-state index contributed by atoms with van der Waals surface area (Å²) in [6.45, 7) is 0. The molecule has 0 spiro atoms. The van der Waals surface area contributed by atoms with Crippen LogP contribution in [0.4, 0.5) is 10.1 Å². The Bertz CT molecular complexity index is 606. The number of hydrogen-bond acceptors (Lipinski definition) is 2. The molecule has 0 atom stereocenters. The van der Waals surface area contributed by atoms with Crippen molar-refractivity contribution in [1.29, 1.82) is 0 Å². The van der Waals surface area contributed by atoms with Crippen LogP contribution in [0.5, 0.6) is 0 Å². The normalized spacial score (nSPS) is 10.2. The van der Waals surface area contributed by atoms with Gasteiger partial charge >= 0.3 is 0 Å². The number of nitrogens with zero attached hydrogens (tertiary/aromatic N) is 1. The first-order valence-electron chi connectivity index (χ1n) is 4.95. The van der Waals surface area contributed by atoms with Gasteiger partial charge in [-0.05, 0) is 46.3 Å². The SMILES string of the molecule is O=C(Nc1cc(Cl)ccc1F)c1cccnc1Br. The average molecular weight is 330 g/mol. The quantitative estimate of drug-likeness (QED) is 0.849. The Labute approximate surface area is 116 Å². The number of halogens is 3. The predicted octanol–water partition coefficient (Wildman–Crippen LogP) is 3.89. The van der Waals surface area contributed by atoms with E-state index in [2.05, 4.69) is 26.2 Å². The van der Waals surface area contributed by atoms with Gasteiger partial charge in [0.05, 0.1) is 11.3 Å². The molecule has 0 bridgehead atoms. The summed E-state index contributed by atoms with van der Waals surface area (Å²) >= 11 is 8.89. The van der Waals surface area contributed by atoms with Gasteiger partial charge in [0.2, 0.25) is 0 Å². The van der Waals surface area contributed by atoms with Crippen molar-refractivity contribution < 1.29 is 9.18 Å². The summed E-state index contributed by atoms with van der Waals surface area (Å²) in [7, 11) is 0. The van der Waals surface area contributed by atoms with Crippen LogP contribution in [0.15, 0.2) is 41.1 Å². The number of nitrogens with one attached hydrogen (secondary N) is 1. The fourth-order valence-electron chi connectivity index (χ4n) is 1.34. The topological polar surface area (TPSA) is 42.0 Å². The van der Waals surface area contributed by atoms with Gasteiger partial charge in [0.25, 0.3) is 5.91 Å². The highest BCUT2D eigenvalue weighted by atomic mass is 79.9. The second-order valence-corrected chi connectivity index (χ2v) is 4.61. The van der Waals surface area contributed by atoms with Crippen LogP contribution in [0.25, 0.3) is 0 Å². The zero-order chi connectivity index (χ0) is 13.1. The van der Waals surface area contributed by atoms with Crippen molar-refractivity contribution in [2.75, 3.05) is 5.32 Å². The monoisotopic (exact) mass is 328 g/mol. The summed E-state index contributed by atoms with van der Waals surface area (Å²) in [6, 6.07) is 7.14. The molecular weight excluding hydrogens is 322 g/mol. The van der Waals surface area contributed by atoms with E-state index in [1.54, 1.807) is 18.3 Å². The second-order valence-electron chi connectivity index (χ2n) is 3.42. The lowest BCUT2D eigenvalue weighted by Gasteiger charge is -2.07. The molecule has 1 heterocycles. The van der Waals surface area contributed by atoms with Crippen LogP contribution >= 0.6 is 27.5 Å². The van der Waals surface area contributed by atoms with Crippen LogP contribution < -0.4 is 5.32 Å². The molecule has 18 heavy (non-hydrogen) atoms. The molecule has 0 radical (unpaired) electrons. The van der Waals surface area contributed by atoms with E-state index in [0.29, 0.717) is 15.2 Å². The molecule has 0 aliphatic carbocycles. The first-order valence-corrected chi connectivity index (χ1v) is 6.12. The summed E-state index contributed by atoms with van der Waals surface area (Å²) in [5.74, 6) is -1.01. The highest BCUT2D eigenvalue weighted by Gasteiger charge is 2.12. The minimum absolute atomic E-state index is 0.0308. The van der Waals surface area contributed by atoms with Crippen molar-refractivity contribution in [2.45, 2.75) is 0 Å². The highest BCUT2D eigenvalue weighted by Crippen LogP contribution is 2.21. The first-order chi connectivity index (χ1) is 8.58. The molecule has 0 unspecified atom stereocenters.